The summed E-state index contributed by atoms with van der Waals surface area (Å²) >= 11 is 6.66. The van der Waals surface area contributed by atoms with Gasteiger partial charge in [-0.25, -0.2) is 0 Å². The molecule has 2 rings (SSSR count). The lowest BCUT2D eigenvalue weighted by atomic mass is 10.2. The Morgan fingerprint density at radius 1 is 1.30 bits per heavy atom. The molecule has 8 heteroatoms. The predicted molar refractivity (Wildman–Crippen MR) is 75.6 cm³/mol. The normalized spacial score (nSPS) is 10.2. The third-order valence-electron chi connectivity index (χ3n) is 2.50. The molecule has 1 heterocycles. The van der Waals surface area contributed by atoms with Crippen LogP contribution in [0, 0.1) is 0 Å². The second-order valence-corrected chi connectivity index (χ2v) is 5.29. The van der Waals surface area contributed by atoms with Crippen molar-refractivity contribution in [2.24, 2.45) is 0 Å². The Morgan fingerprint density at radius 2 is 2.05 bits per heavy atom. The van der Waals surface area contributed by atoms with E-state index in [2.05, 4.69) is 15.5 Å². The van der Waals surface area contributed by atoms with Gasteiger partial charge in [-0.2, -0.15) is 0 Å². The van der Waals surface area contributed by atoms with Crippen LogP contribution in [0.5, 0.6) is 11.5 Å². The number of methoxy groups -OCH3 is 2. The molecule has 0 saturated heterocycles. The van der Waals surface area contributed by atoms with Crippen molar-refractivity contribution >= 4 is 28.8 Å². The SMILES string of the molecule is COc1ccc(CNC(=O)c2nnc(Cl)s2)cc1OC. The average Bonchev–Trinajstić information content (AvgIpc) is 2.91. The molecule has 0 aliphatic rings. The average molecular weight is 314 g/mol. The minimum absolute atomic E-state index is 0.232. The van der Waals surface area contributed by atoms with Crippen molar-refractivity contribution in [1.29, 1.82) is 0 Å². The summed E-state index contributed by atoms with van der Waals surface area (Å²) in [4.78, 5) is 11.8. The maximum absolute atomic E-state index is 11.8. The lowest BCUT2D eigenvalue weighted by molar-refractivity contribution is 0.0950. The number of amides is 1. The van der Waals surface area contributed by atoms with Gasteiger partial charge in [-0.15, -0.1) is 10.2 Å². The lowest BCUT2D eigenvalue weighted by Gasteiger charge is -2.09. The van der Waals surface area contributed by atoms with Gasteiger partial charge in [0.25, 0.3) is 5.91 Å². The summed E-state index contributed by atoms with van der Waals surface area (Å²) < 4.78 is 10.6. The molecule has 0 bridgehead atoms. The monoisotopic (exact) mass is 313 g/mol. The van der Waals surface area contributed by atoms with Crippen LogP contribution in [-0.2, 0) is 6.54 Å². The molecule has 1 aromatic heterocycles. The number of ether oxygens (including phenoxy) is 2. The van der Waals surface area contributed by atoms with Gasteiger partial charge < -0.3 is 14.8 Å². The van der Waals surface area contributed by atoms with Crippen molar-refractivity contribution in [2.45, 2.75) is 6.54 Å². The Morgan fingerprint density at radius 3 is 2.65 bits per heavy atom. The number of hydrogen-bond donors (Lipinski definition) is 1. The van der Waals surface area contributed by atoms with E-state index in [4.69, 9.17) is 21.1 Å². The summed E-state index contributed by atoms with van der Waals surface area (Å²) in [5.74, 6) is 0.931. The number of carbonyl (C=O) groups excluding carboxylic acids is 1. The first-order chi connectivity index (χ1) is 9.63. The molecule has 0 aliphatic heterocycles. The van der Waals surface area contributed by atoms with Crippen molar-refractivity contribution in [3.05, 3.63) is 33.2 Å². The number of rotatable bonds is 5. The summed E-state index contributed by atoms with van der Waals surface area (Å²) in [6, 6.07) is 5.42. The van der Waals surface area contributed by atoms with Crippen molar-refractivity contribution in [1.82, 2.24) is 15.5 Å². The molecule has 1 aromatic carbocycles. The van der Waals surface area contributed by atoms with Gasteiger partial charge in [-0.3, -0.25) is 4.79 Å². The second-order valence-electron chi connectivity index (χ2n) is 3.73. The van der Waals surface area contributed by atoms with Gasteiger partial charge in [-0.05, 0) is 29.3 Å². The van der Waals surface area contributed by atoms with Crippen LogP contribution in [0.15, 0.2) is 18.2 Å². The van der Waals surface area contributed by atoms with Crippen molar-refractivity contribution in [2.75, 3.05) is 14.2 Å². The highest BCUT2D eigenvalue weighted by Gasteiger charge is 2.12. The molecule has 2 aromatic rings. The van der Waals surface area contributed by atoms with Crippen LogP contribution in [0.2, 0.25) is 4.47 Å². The maximum atomic E-state index is 11.8. The van der Waals surface area contributed by atoms with E-state index in [9.17, 15) is 4.79 Å². The van der Waals surface area contributed by atoms with Crippen LogP contribution < -0.4 is 14.8 Å². The van der Waals surface area contributed by atoms with Gasteiger partial charge in [-0.1, -0.05) is 17.4 Å². The van der Waals surface area contributed by atoms with Gasteiger partial charge in [0.15, 0.2) is 11.5 Å². The van der Waals surface area contributed by atoms with Gasteiger partial charge in [0, 0.05) is 6.54 Å². The van der Waals surface area contributed by atoms with E-state index in [1.807, 2.05) is 6.07 Å². The van der Waals surface area contributed by atoms with E-state index in [0.29, 0.717) is 18.0 Å². The molecule has 106 valence electrons. The van der Waals surface area contributed by atoms with Crippen LogP contribution in [-0.4, -0.2) is 30.3 Å². The molecule has 0 spiro atoms. The van der Waals surface area contributed by atoms with Crippen LogP contribution in [0.3, 0.4) is 0 Å². The number of benzene rings is 1. The molecular formula is C12H12ClN3O3S. The number of hydrogen-bond acceptors (Lipinski definition) is 6. The molecule has 0 radical (unpaired) electrons. The standard InChI is InChI=1S/C12H12ClN3O3S/c1-18-8-4-3-7(5-9(8)19-2)6-14-10(17)11-15-16-12(13)20-11/h3-5H,6H2,1-2H3,(H,14,17). The second kappa shape index (κ2) is 6.53. The topological polar surface area (TPSA) is 73.3 Å². The van der Waals surface area contributed by atoms with Gasteiger partial charge in [0.05, 0.1) is 14.2 Å². The minimum atomic E-state index is -0.316. The minimum Gasteiger partial charge on any atom is -0.493 e. The smallest absolute Gasteiger partial charge is 0.282 e. The summed E-state index contributed by atoms with van der Waals surface area (Å²) in [5.41, 5.74) is 0.881. The Bertz CT molecular complexity index is 618. The molecule has 1 N–H and O–H groups in total. The van der Waals surface area contributed by atoms with Crippen LogP contribution in [0.4, 0.5) is 0 Å². The van der Waals surface area contributed by atoms with Crippen LogP contribution in [0.25, 0.3) is 0 Å². The zero-order chi connectivity index (χ0) is 14.5. The van der Waals surface area contributed by atoms with Crippen LogP contribution >= 0.6 is 22.9 Å². The fourth-order valence-corrected chi connectivity index (χ4v) is 2.29. The molecule has 0 saturated carbocycles. The number of aromatic nitrogens is 2. The third kappa shape index (κ3) is 3.37. The predicted octanol–water partition coefficient (Wildman–Crippen LogP) is 2.14. The third-order valence-corrected chi connectivity index (χ3v) is 3.51. The quantitative estimate of drug-likeness (QED) is 0.915. The Labute approximate surface area is 124 Å². The zero-order valence-electron chi connectivity index (χ0n) is 10.8. The molecule has 0 atom stereocenters. The zero-order valence-corrected chi connectivity index (χ0v) is 12.4. The Balaban J connectivity index is 2.02. The molecule has 6 nitrogen and oxygen atoms in total. The largest absolute Gasteiger partial charge is 0.493 e. The Hall–Kier alpha value is -1.86. The van der Waals surface area contributed by atoms with E-state index in [1.165, 1.54) is 0 Å². The first-order valence-electron chi connectivity index (χ1n) is 5.62. The highest BCUT2D eigenvalue weighted by atomic mass is 35.5. The highest BCUT2D eigenvalue weighted by Crippen LogP contribution is 2.27. The van der Waals surface area contributed by atoms with Crippen molar-refractivity contribution in [3.8, 4) is 11.5 Å². The lowest BCUT2D eigenvalue weighted by Crippen LogP contribution is -2.22. The van der Waals surface area contributed by atoms with Crippen LogP contribution in [0.1, 0.15) is 15.4 Å². The first-order valence-corrected chi connectivity index (χ1v) is 6.81. The molecule has 0 fully saturated rings. The van der Waals surface area contributed by atoms with E-state index < -0.39 is 0 Å². The number of nitrogens with zero attached hydrogens (tertiary/aromatic N) is 2. The van der Waals surface area contributed by atoms with E-state index in [1.54, 1.807) is 26.4 Å². The summed E-state index contributed by atoms with van der Waals surface area (Å²) in [7, 11) is 3.13. The van der Waals surface area contributed by atoms with E-state index in [-0.39, 0.29) is 15.4 Å². The fourth-order valence-electron chi connectivity index (χ4n) is 1.55. The molecule has 0 aliphatic carbocycles. The van der Waals surface area contributed by atoms with Gasteiger partial charge in [0.2, 0.25) is 9.47 Å². The van der Waals surface area contributed by atoms with Gasteiger partial charge in [0.1, 0.15) is 0 Å². The number of nitrogens with one attached hydrogen (secondary N) is 1. The van der Waals surface area contributed by atoms with E-state index >= 15 is 0 Å². The molecule has 1 amide bonds. The fraction of sp³-hybridized carbons (Fsp3) is 0.250. The number of carbonyl (C=O) groups is 1. The summed E-state index contributed by atoms with van der Waals surface area (Å²) in [6.07, 6.45) is 0. The molecule has 20 heavy (non-hydrogen) atoms. The summed E-state index contributed by atoms with van der Waals surface area (Å²) in [6.45, 7) is 0.344. The Kier molecular flexibility index (Phi) is 4.75. The highest BCUT2D eigenvalue weighted by molar-refractivity contribution is 7.17. The molecular weight excluding hydrogens is 302 g/mol. The maximum Gasteiger partial charge on any atom is 0.282 e. The summed E-state index contributed by atoms with van der Waals surface area (Å²) in [5, 5.41) is 10.2. The first kappa shape index (κ1) is 14.5. The van der Waals surface area contributed by atoms with Crippen molar-refractivity contribution < 1.29 is 14.3 Å². The number of halogens is 1. The van der Waals surface area contributed by atoms with Gasteiger partial charge >= 0.3 is 0 Å². The molecule has 0 unspecified atom stereocenters. The van der Waals surface area contributed by atoms with E-state index in [0.717, 1.165) is 16.9 Å². The van der Waals surface area contributed by atoms with Crippen molar-refractivity contribution in [3.63, 3.8) is 0 Å².